The molecule has 31 heavy (non-hydrogen) atoms. The molecule has 0 bridgehead atoms. The molecule has 0 spiro atoms. The van der Waals surface area contributed by atoms with Crippen LogP contribution >= 0.6 is 11.6 Å². The number of benzene rings is 2. The van der Waals surface area contributed by atoms with Gasteiger partial charge < -0.3 is 19.9 Å². The fourth-order valence-electron chi connectivity index (χ4n) is 3.49. The number of methoxy groups -OCH3 is 1. The van der Waals surface area contributed by atoms with Gasteiger partial charge in [0.25, 0.3) is 0 Å². The maximum Gasteiger partial charge on any atom is 0.162 e. The zero-order valence-corrected chi connectivity index (χ0v) is 18.0. The number of rotatable bonds is 7. The number of aromatic nitrogens is 2. The van der Waals surface area contributed by atoms with E-state index in [1.54, 1.807) is 25.3 Å². The first-order valence-electron chi connectivity index (χ1n) is 10.1. The summed E-state index contributed by atoms with van der Waals surface area (Å²) in [5.41, 5.74) is 7.37. The molecule has 2 N–H and O–H groups in total. The van der Waals surface area contributed by atoms with Crippen LogP contribution < -0.4 is 15.2 Å². The number of morpholine rings is 1. The maximum atomic E-state index is 13.5. The standard InChI is InChI=1S/C22H24ClFN4O3/c1-29-19-13-18-15(12-20(19)31-8-2-5-28-6-9-30-10-7-28)21(25)27-22(26-18)14-3-4-17(24)16(23)11-14/h3-4,11-13H,2,5-10H2,1H3,(H2,25,26,27). The van der Waals surface area contributed by atoms with E-state index in [-0.39, 0.29) is 5.02 Å². The number of anilines is 1. The van der Waals surface area contributed by atoms with Crippen LogP contribution in [0.15, 0.2) is 30.3 Å². The summed E-state index contributed by atoms with van der Waals surface area (Å²) in [6, 6.07) is 7.86. The van der Waals surface area contributed by atoms with E-state index in [1.165, 1.54) is 12.1 Å². The molecule has 1 fully saturated rings. The summed E-state index contributed by atoms with van der Waals surface area (Å²) in [4.78, 5) is 11.3. The van der Waals surface area contributed by atoms with Crippen molar-refractivity contribution in [3.8, 4) is 22.9 Å². The predicted octanol–water partition coefficient (Wildman–Crippen LogP) is 3.78. The highest BCUT2D eigenvalue weighted by Gasteiger charge is 2.15. The van der Waals surface area contributed by atoms with Crippen LogP contribution in [0, 0.1) is 5.82 Å². The summed E-state index contributed by atoms with van der Waals surface area (Å²) in [5.74, 6) is 1.29. The largest absolute Gasteiger partial charge is 0.493 e. The number of nitrogen functional groups attached to an aromatic ring is 1. The van der Waals surface area contributed by atoms with Crippen molar-refractivity contribution in [2.45, 2.75) is 6.42 Å². The van der Waals surface area contributed by atoms with E-state index in [4.69, 9.17) is 31.5 Å². The highest BCUT2D eigenvalue weighted by molar-refractivity contribution is 6.31. The fraction of sp³-hybridized carbons (Fsp3) is 0.364. The van der Waals surface area contributed by atoms with Gasteiger partial charge in [0.05, 0.1) is 37.5 Å². The molecule has 0 aliphatic carbocycles. The van der Waals surface area contributed by atoms with E-state index in [0.29, 0.717) is 46.2 Å². The summed E-state index contributed by atoms with van der Waals surface area (Å²) in [7, 11) is 1.58. The normalized spacial score (nSPS) is 14.7. The molecule has 0 atom stereocenters. The molecule has 3 aromatic rings. The molecule has 1 saturated heterocycles. The quantitative estimate of drug-likeness (QED) is 0.553. The summed E-state index contributed by atoms with van der Waals surface area (Å²) in [6.45, 7) is 4.97. The van der Waals surface area contributed by atoms with E-state index in [9.17, 15) is 4.39 Å². The van der Waals surface area contributed by atoms with Crippen LogP contribution in [0.1, 0.15) is 6.42 Å². The van der Waals surface area contributed by atoms with Crippen molar-refractivity contribution < 1.29 is 18.6 Å². The summed E-state index contributed by atoms with van der Waals surface area (Å²) >= 11 is 5.89. The average Bonchev–Trinajstić information content (AvgIpc) is 2.79. The second-order valence-electron chi connectivity index (χ2n) is 7.24. The molecule has 0 amide bonds. The highest BCUT2D eigenvalue weighted by Crippen LogP contribution is 2.35. The third kappa shape index (κ3) is 4.98. The van der Waals surface area contributed by atoms with Gasteiger partial charge in [0, 0.05) is 36.7 Å². The molecule has 1 aliphatic heterocycles. The van der Waals surface area contributed by atoms with Crippen LogP contribution in [0.2, 0.25) is 5.02 Å². The Bertz CT molecular complexity index is 1080. The van der Waals surface area contributed by atoms with E-state index < -0.39 is 5.82 Å². The number of hydrogen-bond acceptors (Lipinski definition) is 7. The number of hydrogen-bond donors (Lipinski definition) is 1. The van der Waals surface area contributed by atoms with Crippen LogP contribution in [0.25, 0.3) is 22.3 Å². The molecule has 1 aliphatic rings. The van der Waals surface area contributed by atoms with Gasteiger partial charge in [0.2, 0.25) is 0 Å². The van der Waals surface area contributed by atoms with Crippen molar-refractivity contribution >= 4 is 28.3 Å². The summed E-state index contributed by atoms with van der Waals surface area (Å²) in [5, 5.41) is 0.652. The lowest BCUT2D eigenvalue weighted by Crippen LogP contribution is -2.37. The van der Waals surface area contributed by atoms with Crippen LogP contribution in [0.4, 0.5) is 10.2 Å². The van der Waals surface area contributed by atoms with Crippen molar-refractivity contribution in [2.75, 3.05) is 52.3 Å². The minimum Gasteiger partial charge on any atom is -0.493 e. The Labute approximate surface area is 184 Å². The smallest absolute Gasteiger partial charge is 0.162 e. The van der Waals surface area contributed by atoms with Crippen molar-refractivity contribution in [3.63, 3.8) is 0 Å². The Morgan fingerprint density at radius 1 is 1.16 bits per heavy atom. The molecule has 164 valence electrons. The second kappa shape index (κ2) is 9.64. The molecule has 0 radical (unpaired) electrons. The predicted molar refractivity (Wildman–Crippen MR) is 118 cm³/mol. The Morgan fingerprint density at radius 2 is 1.97 bits per heavy atom. The van der Waals surface area contributed by atoms with Gasteiger partial charge in [-0.3, -0.25) is 4.90 Å². The van der Waals surface area contributed by atoms with Crippen molar-refractivity contribution in [1.29, 1.82) is 0 Å². The molecule has 0 unspecified atom stereocenters. The minimum absolute atomic E-state index is 0.00169. The molecule has 1 aromatic heterocycles. The van der Waals surface area contributed by atoms with Gasteiger partial charge >= 0.3 is 0 Å². The SMILES string of the molecule is COc1cc2nc(-c3ccc(F)c(Cl)c3)nc(N)c2cc1OCCCN1CCOCC1. The molecule has 4 rings (SSSR count). The first kappa shape index (κ1) is 21.5. The van der Waals surface area contributed by atoms with Gasteiger partial charge in [-0.05, 0) is 30.7 Å². The Kier molecular flexibility index (Phi) is 6.70. The van der Waals surface area contributed by atoms with Gasteiger partial charge in [0.1, 0.15) is 11.6 Å². The number of fused-ring (bicyclic) bond motifs is 1. The van der Waals surface area contributed by atoms with Gasteiger partial charge in [0.15, 0.2) is 17.3 Å². The Balaban J connectivity index is 1.53. The van der Waals surface area contributed by atoms with E-state index in [2.05, 4.69) is 14.9 Å². The molecule has 0 saturated carbocycles. The van der Waals surface area contributed by atoms with Crippen molar-refractivity contribution in [2.24, 2.45) is 0 Å². The summed E-state index contributed by atoms with van der Waals surface area (Å²) in [6.07, 6.45) is 0.886. The minimum atomic E-state index is -0.503. The van der Waals surface area contributed by atoms with E-state index >= 15 is 0 Å². The lowest BCUT2D eigenvalue weighted by atomic mass is 10.1. The number of nitrogens with zero attached hydrogens (tertiary/aromatic N) is 3. The van der Waals surface area contributed by atoms with Gasteiger partial charge in [-0.2, -0.15) is 0 Å². The van der Waals surface area contributed by atoms with Crippen molar-refractivity contribution in [1.82, 2.24) is 14.9 Å². The Hall–Kier alpha value is -2.68. The van der Waals surface area contributed by atoms with Crippen LogP contribution in [0.5, 0.6) is 11.5 Å². The zero-order chi connectivity index (χ0) is 21.8. The number of halogens is 2. The Morgan fingerprint density at radius 3 is 2.71 bits per heavy atom. The number of ether oxygens (including phenoxy) is 3. The van der Waals surface area contributed by atoms with Crippen LogP contribution in [-0.4, -0.2) is 61.4 Å². The first-order chi connectivity index (χ1) is 15.0. The van der Waals surface area contributed by atoms with Gasteiger partial charge in [-0.25, -0.2) is 14.4 Å². The van der Waals surface area contributed by atoms with Crippen molar-refractivity contribution in [3.05, 3.63) is 41.2 Å². The lowest BCUT2D eigenvalue weighted by Gasteiger charge is -2.26. The maximum absolute atomic E-state index is 13.5. The average molecular weight is 447 g/mol. The fourth-order valence-corrected chi connectivity index (χ4v) is 3.67. The first-order valence-corrected chi connectivity index (χ1v) is 10.5. The lowest BCUT2D eigenvalue weighted by molar-refractivity contribution is 0.0357. The van der Waals surface area contributed by atoms with E-state index in [1.807, 2.05) is 0 Å². The third-order valence-corrected chi connectivity index (χ3v) is 5.46. The second-order valence-corrected chi connectivity index (χ2v) is 7.64. The van der Waals surface area contributed by atoms with Gasteiger partial charge in [-0.1, -0.05) is 11.6 Å². The topological polar surface area (TPSA) is 82.7 Å². The zero-order valence-electron chi connectivity index (χ0n) is 17.2. The summed E-state index contributed by atoms with van der Waals surface area (Å²) < 4.78 is 30.3. The third-order valence-electron chi connectivity index (χ3n) is 5.17. The number of nitrogens with two attached hydrogens (primary N) is 1. The van der Waals surface area contributed by atoms with Gasteiger partial charge in [-0.15, -0.1) is 0 Å². The molecular weight excluding hydrogens is 423 g/mol. The van der Waals surface area contributed by atoms with Crippen LogP contribution in [-0.2, 0) is 4.74 Å². The monoisotopic (exact) mass is 446 g/mol. The van der Waals surface area contributed by atoms with Crippen LogP contribution in [0.3, 0.4) is 0 Å². The van der Waals surface area contributed by atoms with E-state index in [0.717, 1.165) is 39.3 Å². The molecule has 7 nitrogen and oxygen atoms in total. The molecular formula is C22H24ClFN4O3. The molecule has 9 heteroatoms. The highest BCUT2D eigenvalue weighted by atomic mass is 35.5. The molecule has 2 aromatic carbocycles. The molecule has 2 heterocycles.